The molecule has 0 aromatic heterocycles. The second-order valence-corrected chi connectivity index (χ2v) is 7.93. The summed E-state index contributed by atoms with van der Waals surface area (Å²) in [5, 5.41) is 0. The van der Waals surface area contributed by atoms with E-state index in [1.165, 1.54) is 5.56 Å². The van der Waals surface area contributed by atoms with E-state index < -0.39 is 11.9 Å². The van der Waals surface area contributed by atoms with Gasteiger partial charge in [-0.15, -0.1) is 0 Å². The molecule has 0 aliphatic rings. The van der Waals surface area contributed by atoms with Crippen molar-refractivity contribution >= 4 is 29.0 Å². The highest BCUT2D eigenvalue weighted by Crippen LogP contribution is 2.37. The molecule has 0 N–H and O–H groups in total. The fraction of sp³-hybridized carbons (Fsp3) is 0.143. The summed E-state index contributed by atoms with van der Waals surface area (Å²) < 4.78 is 10.6. The minimum atomic E-state index is -0.464. The predicted octanol–water partition coefficient (Wildman–Crippen LogP) is 6.74. The Kier molecular flexibility index (Phi) is 7.13. The van der Waals surface area contributed by atoms with Crippen LogP contribution in [-0.4, -0.2) is 11.9 Å². The number of nitrogens with zero attached hydrogens (tertiary/aromatic N) is 1. The molecule has 3 aromatic rings. The zero-order valence-electron chi connectivity index (χ0n) is 19.3. The fourth-order valence-corrected chi connectivity index (χ4v) is 3.03. The SMILES string of the molecule is C=C(C)C(=O)Oc1ccc(N(c2ccc(OC(=O)C(=C)C)cc2)c2ccc(C)c(C)c2)cc1. The van der Waals surface area contributed by atoms with Gasteiger partial charge in [-0.2, -0.15) is 0 Å². The molecule has 3 rings (SSSR count). The number of aryl methyl sites for hydroxylation is 2. The highest BCUT2D eigenvalue weighted by Gasteiger charge is 2.15. The highest BCUT2D eigenvalue weighted by molar-refractivity contribution is 5.89. The van der Waals surface area contributed by atoms with E-state index in [1.807, 2.05) is 30.3 Å². The van der Waals surface area contributed by atoms with Gasteiger partial charge in [0.15, 0.2) is 0 Å². The summed E-state index contributed by atoms with van der Waals surface area (Å²) in [6, 6.07) is 20.7. The molecule has 0 heterocycles. The van der Waals surface area contributed by atoms with Crippen molar-refractivity contribution in [3.63, 3.8) is 0 Å². The van der Waals surface area contributed by atoms with Crippen LogP contribution in [0.15, 0.2) is 91.0 Å². The summed E-state index contributed by atoms with van der Waals surface area (Å²) in [5.41, 5.74) is 5.75. The Morgan fingerprint density at radius 3 is 1.39 bits per heavy atom. The standard InChI is InChI=1S/C28H27NO4/c1-18(2)27(30)32-25-13-9-22(10-14-25)29(24-8-7-20(5)21(6)17-24)23-11-15-26(16-12-23)33-28(31)19(3)4/h7-17H,1,3H2,2,4-6H3. The number of anilines is 3. The molecule has 0 unspecified atom stereocenters. The molecule has 0 spiro atoms. The fourth-order valence-electron chi connectivity index (χ4n) is 3.03. The third kappa shape index (κ3) is 5.77. The molecule has 0 bridgehead atoms. The third-order valence-electron chi connectivity index (χ3n) is 5.06. The van der Waals surface area contributed by atoms with Crippen LogP contribution in [0.2, 0.25) is 0 Å². The van der Waals surface area contributed by atoms with Crippen LogP contribution in [0.5, 0.6) is 11.5 Å². The maximum absolute atomic E-state index is 11.8. The Morgan fingerprint density at radius 2 is 1.03 bits per heavy atom. The van der Waals surface area contributed by atoms with Crippen LogP contribution in [0.4, 0.5) is 17.1 Å². The highest BCUT2D eigenvalue weighted by atomic mass is 16.5. The average Bonchev–Trinajstić information content (AvgIpc) is 2.78. The lowest BCUT2D eigenvalue weighted by atomic mass is 10.1. The molecule has 0 atom stereocenters. The quantitative estimate of drug-likeness (QED) is 0.231. The molecule has 0 amide bonds. The van der Waals surface area contributed by atoms with Crippen LogP contribution in [0.1, 0.15) is 25.0 Å². The topological polar surface area (TPSA) is 55.8 Å². The molecule has 0 aliphatic carbocycles. The van der Waals surface area contributed by atoms with Gasteiger partial charge in [0.2, 0.25) is 0 Å². The average molecular weight is 442 g/mol. The lowest BCUT2D eigenvalue weighted by Gasteiger charge is -2.26. The van der Waals surface area contributed by atoms with E-state index in [0.717, 1.165) is 22.6 Å². The van der Waals surface area contributed by atoms with Crippen LogP contribution >= 0.6 is 0 Å². The van der Waals surface area contributed by atoms with Gasteiger partial charge in [0.1, 0.15) is 11.5 Å². The maximum Gasteiger partial charge on any atom is 0.338 e. The maximum atomic E-state index is 11.8. The third-order valence-corrected chi connectivity index (χ3v) is 5.06. The van der Waals surface area contributed by atoms with Gasteiger partial charge in [-0.3, -0.25) is 0 Å². The van der Waals surface area contributed by atoms with Gasteiger partial charge < -0.3 is 14.4 Å². The number of esters is 2. The normalized spacial score (nSPS) is 10.3. The molecule has 168 valence electrons. The van der Waals surface area contributed by atoms with Crippen molar-refractivity contribution in [1.29, 1.82) is 0 Å². The van der Waals surface area contributed by atoms with Crippen LogP contribution in [0, 0.1) is 13.8 Å². The molecule has 0 fully saturated rings. The zero-order valence-corrected chi connectivity index (χ0v) is 19.3. The van der Waals surface area contributed by atoms with E-state index in [4.69, 9.17) is 9.47 Å². The van der Waals surface area contributed by atoms with Crippen LogP contribution in [0.25, 0.3) is 0 Å². The van der Waals surface area contributed by atoms with Gasteiger partial charge in [-0.1, -0.05) is 19.2 Å². The van der Waals surface area contributed by atoms with Crippen molar-refractivity contribution in [3.05, 3.63) is 102 Å². The molecule has 3 aromatic carbocycles. The van der Waals surface area contributed by atoms with Gasteiger partial charge >= 0.3 is 11.9 Å². The largest absolute Gasteiger partial charge is 0.423 e. The smallest absolute Gasteiger partial charge is 0.338 e. The van der Waals surface area contributed by atoms with E-state index in [2.05, 4.69) is 44.0 Å². The zero-order chi connectivity index (χ0) is 24.1. The number of carbonyl (C=O) groups is 2. The van der Waals surface area contributed by atoms with E-state index >= 15 is 0 Å². The Morgan fingerprint density at radius 1 is 0.636 bits per heavy atom. The Hall–Kier alpha value is -4.12. The van der Waals surface area contributed by atoms with E-state index in [1.54, 1.807) is 38.1 Å². The van der Waals surface area contributed by atoms with E-state index in [0.29, 0.717) is 22.6 Å². The lowest BCUT2D eigenvalue weighted by Crippen LogP contribution is -2.12. The minimum absolute atomic E-state index is 0.336. The number of hydrogen-bond acceptors (Lipinski definition) is 5. The Labute approximate surface area is 194 Å². The van der Waals surface area contributed by atoms with Crippen LogP contribution < -0.4 is 14.4 Å². The second kappa shape index (κ2) is 10.0. The van der Waals surface area contributed by atoms with Gasteiger partial charge in [0.05, 0.1) is 0 Å². The number of carbonyl (C=O) groups excluding carboxylic acids is 2. The molecule has 0 aliphatic heterocycles. The monoisotopic (exact) mass is 441 g/mol. The Bertz CT molecular complexity index is 1140. The summed E-state index contributed by atoms with van der Waals surface area (Å²) >= 11 is 0. The first-order valence-corrected chi connectivity index (χ1v) is 10.5. The first-order valence-electron chi connectivity index (χ1n) is 10.5. The number of rotatable bonds is 7. The molecule has 0 saturated carbocycles. The van der Waals surface area contributed by atoms with Crippen molar-refractivity contribution in [2.24, 2.45) is 0 Å². The summed E-state index contributed by atoms with van der Waals surface area (Å²) in [6.45, 7) is 14.6. The summed E-state index contributed by atoms with van der Waals surface area (Å²) in [5.74, 6) is -0.0509. The Balaban J connectivity index is 1.97. The lowest BCUT2D eigenvalue weighted by molar-refractivity contribution is -0.130. The minimum Gasteiger partial charge on any atom is -0.423 e. The molecule has 0 radical (unpaired) electrons. The molecule has 33 heavy (non-hydrogen) atoms. The van der Waals surface area contributed by atoms with Crippen molar-refractivity contribution in [3.8, 4) is 11.5 Å². The van der Waals surface area contributed by atoms with Crippen molar-refractivity contribution in [2.75, 3.05) is 4.90 Å². The van der Waals surface area contributed by atoms with Gasteiger partial charge in [-0.05, 0) is 99.5 Å². The van der Waals surface area contributed by atoms with Gasteiger partial charge in [-0.25, -0.2) is 9.59 Å². The molecule has 5 heteroatoms. The van der Waals surface area contributed by atoms with Crippen LogP contribution in [-0.2, 0) is 9.59 Å². The van der Waals surface area contributed by atoms with Gasteiger partial charge in [0, 0.05) is 28.2 Å². The summed E-state index contributed by atoms with van der Waals surface area (Å²) in [6.07, 6.45) is 0. The predicted molar refractivity (Wildman–Crippen MR) is 131 cm³/mol. The summed E-state index contributed by atoms with van der Waals surface area (Å²) in [7, 11) is 0. The first-order chi connectivity index (χ1) is 15.7. The van der Waals surface area contributed by atoms with Crippen molar-refractivity contribution < 1.29 is 19.1 Å². The molecular weight excluding hydrogens is 414 g/mol. The number of benzene rings is 3. The second-order valence-electron chi connectivity index (χ2n) is 7.93. The number of ether oxygens (including phenoxy) is 2. The van der Waals surface area contributed by atoms with Gasteiger partial charge in [0.25, 0.3) is 0 Å². The first kappa shape index (κ1) is 23.5. The number of hydrogen-bond donors (Lipinski definition) is 0. The van der Waals surface area contributed by atoms with E-state index in [9.17, 15) is 9.59 Å². The van der Waals surface area contributed by atoms with E-state index in [-0.39, 0.29) is 0 Å². The van der Waals surface area contributed by atoms with Crippen LogP contribution in [0.3, 0.4) is 0 Å². The molecular formula is C28H27NO4. The summed E-state index contributed by atoms with van der Waals surface area (Å²) in [4.78, 5) is 25.7. The molecule has 5 nitrogen and oxygen atoms in total. The van der Waals surface area contributed by atoms with Crippen molar-refractivity contribution in [1.82, 2.24) is 0 Å². The molecule has 0 saturated heterocycles. The van der Waals surface area contributed by atoms with Crippen molar-refractivity contribution in [2.45, 2.75) is 27.7 Å².